The second-order valence-corrected chi connectivity index (χ2v) is 16.2. The normalized spacial score (nSPS) is 43.0. The molecule has 1 heterocycles. The second-order valence-electron chi connectivity index (χ2n) is 15.0. The number of thioether (sulfide) groups is 1. The van der Waals surface area contributed by atoms with Crippen molar-refractivity contribution in [1.82, 2.24) is 5.32 Å². The molecule has 10 atom stereocenters. The SMILES string of the molecule is CC[C@@H]1C[C@H](OC(=O)CS[C@@H]2CC[C@@H](NC(=O)OC(C)(C)C)C[C@H]2O)[C@]2(C)[C@H](C)C[C@]3(CCC4(OCCO4)[C@H]32)C[C@@H]1O. The molecule has 10 heteroatoms. The highest BCUT2D eigenvalue weighted by Gasteiger charge is 2.74. The van der Waals surface area contributed by atoms with Gasteiger partial charge in [-0.05, 0) is 83.0 Å². The minimum Gasteiger partial charge on any atom is -0.461 e. The molecule has 0 unspecified atom stereocenters. The Morgan fingerprint density at radius 1 is 1.05 bits per heavy atom. The summed E-state index contributed by atoms with van der Waals surface area (Å²) in [5, 5.41) is 25.0. The van der Waals surface area contributed by atoms with Gasteiger partial charge in [-0.1, -0.05) is 27.2 Å². The molecule has 5 rings (SSSR count). The van der Waals surface area contributed by atoms with E-state index in [0.717, 1.165) is 32.1 Å². The molecule has 0 aromatic heterocycles. The number of rotatable bonds is 6. The van der Waals surface area contributed by atoms with E-state index in [9.17, 15) is 19.8 Å². The van der Waals surface area contributed by atoms with Crippen molar-refractivity contribution in [2.24, 2.45) is 28.6 Å². The van der Waals surface area contributed by atoms with Crippen molar-refractivity contribution >= 4 is 23.8 Å². The fraction of sp³-hybridized carbons (Fsp3) is 0.938. The molecule has 1 amide bonds. The fourth-order valence-electron chi connectivity index (χ4n) is 9.40. The Kier molecular flexibility index (Phi) is 9.26. The van der Waals surface area contributed by atoms with Crippen LogP contribution in [0.2, 0.25) is 0 Å². The van der Waals surface area contributed by atoms with E-state index in [1.165, 1.54) is 11.8 Å². The zero-order chi connectivity index (χ0) is 30.5. The number of aliphatic hydroxyl groups is 2. The Morgan fingerprint density at radius 3 is 2.40 bits per heavy atom. The van der Waals surface area contributed by atoms with Gasteiger partial charge in [0, 0.05) is 29.0 Å². The first-order chi connectivity index (χ1) is 19.7. The maximum absolute atomic E-state index is 13.5. The number of hydrogen-bond acceptors (Lipinski definition) is 9. The Labute approximate surface area is 255 Å². The number of aliphatic hydroxyl groups excluding tert-OH is 2. The van der Waals surface area contributed by atoms with E-state index < -0.39 is 29.7 Å². The van der Waals surface area contributed by atoms with E-state index >= 15 is 0 Å². The van der Waals surface area contributed by atoms with Crippen LogP contribution < -0.4 is 5.32 Å². The molecule has 1 spiro atoms. The Hall–Kier alpha value is -1.07. The van der Waals surface area contributed by atoms with Gasteiger partial charge in [0.15, 0.2) is 5.79 Å². The average molecular weight is 612 g/mol. The Balaban J connectivity index is 1.24. The van der Waals surface area contributed by atoms with Gasteiger partial charge in [0.05, 0.1) is 31.2 Å². The average Bonchev–Trinajstić information content (AvgIpc) is 3.54. The summed E-state index contributed by atoms with van der Waals surface area (Å²) < 4.78 is 24.5. The van der Waals surface area contributed by atoms with Gasteiger partial charge in [0.2, 0.25) is 0 Å². The smallest absolute Gasteiger partial charge is 0.407 e. The van der Waals surface area contributed by atoms with Crippen LogP contribution >= 0.6 is 11.8 Å². The highest BCUT2D eigenvalue weighted by molar-refractivity contribution is 8.00. The topological polar surface area (TPSA) is 124 Å². The number of nitrogens with one attached hydrogen (secondary N) is 1. The summed E-state index contributed by atoms with van der Waals surface area (Å²) in [6.07, 6.45) is 4.89. The molecule has 42 heavy (non-hydrogen) atoms. The number of esters is 1. The summed E-state index contributed by atoms with van der Waals surface area (Å²) in [5.74, 6) is -0.372. The lowest BCUT2D eigenvalue weighted by atomic mass is 9.60. The van der Waals surface area contributed by atoms with Crippen molar-refractivity contribution in [1.29, 1.82) is 0 Å². The number of alkyl carbamates (subject to hydrolysis) is 1. The van der Waals surface area contributed by atoms with Crippen molar-refractivity contribution < 1.29 is 38.7 Å². The van der Waals surface area contributed by atoms with Gasteiger partial charge >= 0.3 is 12.1 Å². The zero-order valence-electron chi connectivity index (χ0n) is 26.4. The number of carbonyl (C=O) groups excluding carboxylic acids is 2. The number of carbonyl (C=O) groups is 2. The second kappa shape index (κ2) is 12.0. The number of hydrogen-bond donors (Lipinski definition) is 3. The zero-order valence-corrected chi connectivity index (χ0v) is 27.2. The van der Waals surface area contributed by atoms with Crippen LogP contribution in [0.4, 0.5) is 4.79 Å². The van der Waals surface area contributed by atoms with Crippen LogP contribution in [0.5, 0.6) is 0 Å². The van der Waals surface area contributed by atoms with Gasteiger partial charge in [-0.15, -0.1) is 11.8 Å². The van der Waals surface area contributed by atoms with Gasteiger partial charge < -0.3 is 34.5 Å². The van der Waals surface area contributed by atoms with Gasteiger partial charge in [-0.25, -0.2) is 4.79 Å². The maximum Gasteiger partial charge on any atom is 0.407 e. The standard InChI is InChI=1S/C32H53NO8S/c1-7-20-14-25(30(6)19(2)16-31(17-23(20)35)10-11-32(27(30)31)38-12-13-39-32)40-26(36)18-42-24-9-8-21(15-22(24)34)33-28(37)41-29(3,4)5/h19-25,27,34-35H,7-18H2,1-6H3,(H,33,37)/t19-,20-,21-,22-,23+,24-,25+,27+,30+,31-/m1/s1. The van der Waals surface area contributed by atoms with Crippen LogP contribution in [0, 0.1) is 28.6 Å². The molecule has 5 aliphatic rings. The summed E-state index contributed by atoms with van der Waals surface area (Å²) in [5.41, 5.74) is -0.993. The maximum atomic E-state index is 13.5. The summed E-state index contributed by atoms with van der Waals surface area (Å²) in [6, 6.07) is -0.159. The van der Waals surface area contributed by atoms with E-state index in [0.29, 0.717) is 38.9 Å². The van der Waals surface area contributed by atoms with Gasteiger partial charge in [0.25, 0.3) is 0 Å². The fourth-order valence-corrected chi connectivity index (χ4v) is 10.5. The van der Waals surface area contributed by atoms with Crippen LogP contribution in [0.15, 0.2) is 0 Å². The first kappa shape index (κ1) is 32.3. The largest absolute Gasteiger partial charge is 0.461 e. The van der Waals surface area contributed by atoms with Gasteiger partial charge in [-0.2, -0.15) is 0 Å². The summed E-state index contributed by atoms with van der Waals surface area (Å²) in [7, 11) is 0. The molecule has 0 aromatic carbocycles. The third-order valence-corrected chi connectivity index (χ3v) is 12.6. The number of ether oxygens (including phenoxy) is 4. The van der Waals surface area contributed by atoms with Crippen molar-refractivity contribution in [3.63, 3.8) is 0 Å². The summed E-state index contributed by atoms with van der Waals surface area (Å²) in [6.45, 7) is 13.3. The van der Waals surface area contributed by atoms with E-state index in [1.807, 2.05) is 20.8 Å². The lowest BCUT2D eigenvalue weighted by molar-refractivity contribution is -0.239. The van der Waals surface area contributed by atoms with Crippen molar-refractivity contribution in [3.05, 3.63) is 0 Å². The van der Waals surface area contributed by atoms with Crippen LogP contribution in [-0.4, -0.2) is 82.2 Å². The quantitative estimate of drug-likeness (QED) is 0.363. The highest BCUT2D eigenvalue weighted by Crippen LogP contribution is 2.73. The number of amides is 1. The van der Waals surface area contributed by atoms with E-state index in [4.69, 9.17) is 18.9 Å². The molecule has 0 aromatic rings. The molecule has 2 bridgehead atoms. The predicted molar refractivity (Wildman–Crippen MR) is 160 cm³/mol. The molecule has 4 saturated carbocycles. The molecule has 9 nitrogen and oxygen atoms in total. The third kappa shape index (κ3) is 6.09. The Bertz CT molecular complexity index is 997. The molecule has 4 aliphatic carbocycles. The summed E-state index contributed by atoms with van der Waals surface area (Å²) in [4.78, 5) is 25.7. The van der Waals surface area contributed by atoms with Crippen LogP contribution in [0.3, 0.4) is 0 Å². The predicted octanol–water partition coefficient (Wildman–Crippen LogP) is 4.80. The molecule has 0 radical (unpaired) electrons. The summed E-state index contributed by atoms with van der Waals surface area (Å²) >= 11 is 1.44. The first-order valence-corrected chi connectivity index (χ1v) is 17.2. The minimum absolute atomic E-state index is 0.0579. The molecular weight excluding hydrogens is 558 g/mol. The third-order valence-electron chi connectivity index (χ3n) is 11.3. The van der Waals surface area contributed by atoms with E-state index in [2.05, 4.69) is 26.1 Å². The molecule has 3 N–H and O–H groups in total. The monoisotopic (exact) mass is 611 g/mol. The lowest BCUT2D eigenvalue weighted by Crippen LogP contribution is -2.55. The van der Waals surface area contributed by atoms with Crippen LogP contribution in [0.1, 0.15) is 99.3 Å². The molecule has 1 saturated heterocycles. The van der Waals surface area contributed by atoms with Crippen molar-refractivity contribution in [3.8, 4) is 0 Å². The highest BCUT2D eigenvalue weighted by atomic mass is 32.2. The van der Waals surface area contributed by atoms with Crippen molar-refractivity contribution in [2.75, 3.05) is 19.0 Å². The van der Waals surface area contributed by atoms with E-state index in [1.54, 1.807) is 0 Å². The van der Waals surface area contributed by atoms with Crippen LogP contribution in [-0.2, 0) is 23.7 Å². The minimum atomic E-state index is -0.659. The first-order valence-electron chi connectivity index (χ1n) is 16.2. The van der Waals surface area contributed by atoms with Gasteiger partial charge in [0.1, 0.15) is 11.7 Å². The molecule has 5 fully saturated rings. The van der Waals surface area contributed by atoms with E-state index in [-0.39, 0.29) is 57.7 Å². The van der Waals surface area contributed by atoms with Crippen molar-refractivity contribution in [2.45, 2.75) is 140 Å². The van der Waals surface area contributed by atoms with Gasteiger partial charge in [-0.3, -0.25) is 4.79 Å². The van der Waals surface area contributed by atoms with Crippen LogP contribution in [0.25, 0.3) is 0 Å². The molecular formula is C32H53NO8S. The Morgan fingerprint density at radius 2 is 1.76 bits per heavy atom. The molecule has 240 valence electrons. The molecule has 1 aliphatic heterocycles. The lowest BCUT2D eigenvalue weighted by Gasteiger charge is -2.51.